The Bertz CT molecular complexity index is 142. The molecule has 0 fully saturated rings. The number of aromatic nitrogens is 1. The van der Waals surface area contributed by atoms with Crippen molar-refractivity contribution in [3.8, 4) is 0 Å². The van der Waals surface area contributed by atoms with Crippen LogP contribution in [0, 0.1) is 0 Å². The van der Waals surface area contributed by atoms with Crippen LogP contribution < -0.4 is 0 Å². The van der Waals surface area contributed by atoms with Gasteiger partial charge in [-0.25, -0.2) is 0 Å². The van der Waals surface area contributed by atoms with Crippen LogP contribution in [0.3, 0.4) is 0 Å². The SMILES string of the molecule is Brc1cccnc1.[Ni]. The fourth-order valence-electron chi connectivity index (χ4n) is 0.342. The van der Waals surface area contributed by atoms with Crippen LogP contribution in [-0.4, -0.2) is 4.98 Å². The summed E-state index contributed by atoms with van der Waals surface area (Å²) >= 11 is 3.25. The molecule has 0 saturated carbocycles. The molecule has 0 N–H and O–H groups in total. The second-order valence-corrected chi connectivity index (χ2v) is 2.09. The van der Waals surface area contributed by atoms with E-state index in [1.807, 2.05) is 12.1 Å². The van der Waals surface area contributed by atoms with Crippen LogP contribution in [0.5, 0.6) is 0 Å². The fraction of sp³-hybridized carbons (Fsp3) is 0. The Balaban J connectivity index is 0.000000490. The molecule has 1 nitrogen and oxygen atoms in total. The van der Waals surface area contributed by atoms with Crippen LogP contribution in [0.25, 0.3) is 0 Å². The smallest absolute Gasteiger partial charge is 0.0410 e. The van der Waals surface area contributed by atoms with E-state index >= 15 is 0 Å². The second kappa shape index (κ2) is 4.05. The summed E-state index contributed by atoms with van der Waals surface area (Å²) in [7, 11) is 0. The van der Waals surface area contributed by atoms with Gasteiger partial charge in [0.15, 0.2) is 0 Å². The summed E-state index contributed by atoms with van der Waals surface area (Å²) in [6, 6.07) is 3.82. The minimum atomic E-state index is 0. The Morgan fingerprint density at radius 1 is 1.50 bits per heavy atom. The largest absolute Gasteiger partial charge is 0.264 e. The van der Waals surface area contributed by atoms with E-state index in [0.29, 0.717) is 0 Å². The van der Waals surface area contributed by atoms with E-state index in [-0.39, 0.29) is 16.5 Å². The third-order valence-electron chi connectivity index (χ3n) is 0.625. The van der Waals surface area contributed by atoms with E-state index in [9.17, 15) is 0 Å². The maximum Gasteiger partial charge on any atom is 0.0410 e. The van der Waals surface area contributed by atoms with Crippen molar-refractivity contribution < 1.29 is 16.5 Å². The molecule has 0 aromatic carbocycles. The van der Waals surface area contributed by atoms with Gasteiger partial charge in [0.25, 0.3) is 0 Å². The van der Waals surface area contributed by atoms with E-state index in [4.69, 9.17) is 0 Å². The molecule has 1 heterocycles. The zero-order valence-electron chi connectivity index (χ0n) is 3.95. The van der Waals surface area contributed by atoms with Gasteiger partial charge in [-0.15, -0.1) is 0 Å². The average Bonchev–Trinajstić information content (AvgIpc) is 1.69. The topological polar surface area (TPSA) is 12.9 Å². The Hall–Kier alpha value is 0.124. The molecule has 1 aromatic heterocycles. The molecule has 1 aromatic rings. The molecule has 1 rings (SSSR count). The van der Waals surface area contributed by atoms with Gasteiger partial charge in [-0.3, -0.25) is 4.98 Å². The molecule has 0 radical (unpaired) electrons. The minimum absolute atomic E-state index is 0. The summed E-state index contributed by atoms with van der Waals surface area (Å²) in [5, 5.41) is 0. The zero-order valence-corrected chi connectivity index (χ0v) is 6.52. The predicted octanol–water partition coefficient (Wildman–Crippen LogP) is 1.84. The number of hydrogen-bond donors (Lipinski definition) is 0. The van der Waals surface area contributed by atoms with Crippen molar-refractivity contribution in [2.75, 3.05) is 0 Å². The zero-order chi connectivity index (χ0) is 5.11. The fourth-order valence-corrected chi connectivity index (χ4v) is 0.613. The van der Waals surface area contributed by atoms with Gasteiger partial charge in [0.1, 0.15) is 0 Å². The second-order valence-electron chi connectivity index (χ2n) is 1.17. The number of nitrogens with zero attached hydrogens (tertiary/aromatic N) is 1. The van der Waals surface area contributed by atoms with Crippen molar-refractivity contribution in [3.63, 3.8) is 0 Å². The van der Waals surface area contributed by atoms with Gasteiger partial charge in [-0.2, -0.15) is 0 Å². The van der Waals surface area contributed by atoms with Crippen molar-refractivity contribution in [3.05, 3.63) is 29.0 Å². The molecule has 8 heavy (non-hydrogen) atoms. The molecule has 3 heteroatoms. The number of rotatable bonds is 0. The molecule has 0 atom stereocenters. The van der Waals surface area contributed by atoms with Crippen molar-refractivity contribution in [1.29, 1.82) is 0 Å². The van der Waals surface area contributed by atoms with Crippen LogP contribution in [0.4, 0.5) is 0 Å². The van der Waals surface area contributed by atoms with Gasteiger partial charge in [0, 0.05) is 33.4 Å². The first-order valence-corrected chi connectivity index (χ1v) is 2.74. The Morgan fingerprint density at radius 2 is 2.25 bits per heavy atom. The molecule has 0 spiro atoms. The first kappa shape index (κ1) is 8.12. The summed E-state index contributed by atoms with van der Waals surface area (Å²) < 4.78 is 1.02. The van der Waals surface area contributed by atoms with Crippen LogP contribution in [0.15, 0.2) is 29.0 Å². The van der Waals surface area contributed by atoms with Gasteiger partial charge in [-0.05, 0) is 28.1 Å². The van der Waals surface area contributed by atoms with Crippen molar-refractivity contribution in [2.24, 2.45) is 0 Å². The average molecular weight is 217 g/mol. The Morgan fingerprint density at radius 3 is 2.50 bits per heavy atom. The molecule has 0 saturated heterocycles. The molecule has 0 unspecified atom stereocenters. The molecule has 0 bridgehead atoms. The van der Waals surface area contributed by atoms with Crippen LogP contribution >= 0.6 is 15.9 Å². The number of halogens is 1. The predicted molar refractivity (Wildman–Crippen MR) is 31.9 cm³/mol. The summed E-state index contributed by atoms with van der Waals surface area (Å²) in [6.07, 6.45) is 3.49. The van der Waals surface area contributed by atoms with E-state index in [1.165, 1.54) is 0 Å². The molecular weight excluding hydrogens is 213 g/mol. The van der Waals surface area contributed by atoms with Crippen LogP contribution in [-0.2, 0) is 16.5 Å². The Kier molecular flexibility index (Phi) is 4.11. The maximum atomic E-state index is 3.84. The monoisotopic (exact) mass is 215 g/mol. The molecular formula is C5H4BrNNi. The summed E-state index contributed by atoms with van der Waals surface area (Å²) in [5.74, 6) is 0. The van der Waals surface area contributed by atoms with E-state index < -0.39 is 0 Å². The Labute approximate surface area is 66.6 Å². The van der Waals surface area contributed by atoms with Gasteiger partial charge >= 0.3 is 0 Å². The van der Waals surface area contributed by atoms with E-state index in [2.05, 4.69) is 20.9 Å². The third-order valence-corrected chi connectivity index (χ3v) is 1.09. The van der Waals surface area contributed by atoms with Gasteiger partial charge in [-0.1, -0.05) is 0 Å². The third kappa shape index (κ3) is 2.44. The quantitative estimate of drug-likeness (QED) is 0.604. The van der Waals surface area contributed by atoms with Crippen molar-refractivity contribution in [2.45, 2.75) is 0 Å². The standard InChI is InChI=1S/C5H4BrN.Ni/c6-5-2-1-3-7-4-5;/h1-4H;. The van der Waals surface area contributed by atoms with Gasteiger partial charge in [0.05, 0.1) is 0 Å². The molecule has 0 aliphatic carbocycles. The summed E-state index contributed by atoms with van der Waals surface area (Å²) in [4.78, 5) is 3.84. The number of pyridine rings is 1. The molecule has 0 aliphatic heterocycles. The van der Waals surface area contributed by atoms with Crippen LogP contribution in [0.1, 0.15) is 0 Å². The maximum absolute atomic E-state index is 3.84. The van der Waals surface area contributed by atoms with Crippen molar-refractivity contribution >= 4 is 15.9 Å². The van der Waals surface area contributed by atoms with Crippen LogP contribution in [0.2, 0.25) is 0 Å². The summed E-state index contributed by atoms with van der Waals surface area (Å²) in [6.45, 7) is 0. The molecule has 0 aliphatic rings. The summed E-state index contributed by atoms with van der Waals surface area (Å²) in [5.41, 5.74) is 0. The first-order chi connectivity index (χ1) is 3.39. The van der Waals surface area contributed by atoms with Gasteiger partial charge < -0.3 is 0 Å². The van der Waals surface area contributed by atoms with E-state index in [0.717, 1.165) is 4.47 Å². The minimum Gasteiger partial charge on any atom is -0.264 e. The van der Waals surface area contributed by atoms with Crippen molar-refractivity contribution in [1.82, 2.24) is 4.98 Å². The number of hydrogen-bond acceptors (Lipinski definition) is 1. The first-order valence-electron chi connectivity index (χ1n) is 1.95. The molecule has 0 amide bonds. The molecule has 46 valence electrons. The van der Waals surface area contributed by atoms with E-state index in [1.54, 1.807) is 12.4 Å². The normalized spacial score (nSPS) is 7.62. The van der Waals surface area contributed by atoms with Gasteiger partial charge in [0.2, 0.25) is 0 Å².